The Morgan fingerprint density at radius 2 is 2.36 bits per heavy atom. The van der Waals surface area contributed by atoms with Gasteiger partial charge < -0.3 is 5.32 Å². The lowest BCUT2D eigenvalue weighted by atomic mass is 10.1. The highest BCUT2D eigenvalue weighted by atomic mass is 79.9. The van der Waals surface area contributed by atoms with E-state index in [0.717, 1.165) is 21.6 Å². The maximum absolute atomic E-state index is 6.11. The summed E-state index contributed by atoms with van der Waals surface area (Å²) in [5.41, 5.74) is 1.11. The number of hydrogen-bond donors (Lipinski definition) is 1. The summed E-state index contributed by atoms with van der Waals surface area (Å²) in [6.07, 6.45) is 1.84. The van der Waals surface area contributed by atoms with Crippen molar-refractivity contribution >= 4 is 27.5 Å². The highest BCUT2D eigenvalue weighted by Gasteiger charge is 2.07. The first-order chi connectivity index (χ1) is 6.65. The molecule has 1 nitrogen and oxygen atoms in total. The third kappa shape index (κ3) is 3.12. The molecule has 1 aromatic rings. The van der Waals surface area contributed by atoms with Gasteiger partial charge in [-0.25, -0.2) is 0 Å². The minimum absolute atomic E-state index is 0.244. The topological polar surface area (TPSA) is 12.0 Å². The monoisotopic (exact) mass is 273 g/mol. The highest BCUT2D eigenvalue weighted by molar-refractivity contribution is 9.10. The summed E-state index contributed by atoms with van der Waals surface area (Å²) < 4.78 is 1.00. The van der Waals surface area contributed by atoms with Crippen LogP contribution in [-0.2, 0) is 0 Å². The fraction of sp³-hybridized carbons (Fsp3) is 0.273. The van der Waals surface area contributed by atoms with Crippen LogP contribution in [0.15, 0.2) is 35.3 Å². The molecular formula is C11H13BrClN. The third-order valence-corrected chi connectivity index (χ3v) is 2.82. The van der Waals surface area contributed by atoms with E-state index in [0.29, 0.717) is 0 Å². The van der Waals surface area contributed by atoms with Crippen molar-refractivity contribution in [2.24, 2.45) is 0 Å². The van der Waals surface area contributed by atoms with Gasteiger partial charge in [-0.1, -0.05) is 39.7 Å². The van der Waals surface area contributed by atoms with Crippen LogP contribution in [-0.4, -0.2) is 6.54 Å². The molecule has 3 heteroatoms. The fourth-order valence-electron chi connectivity index (χ4n) is 1.22. The van der Waals surface area contributed by atoms with Crippen LogP contribution in [0.5, 0.6) is 0 Å². The van der Waals surface area contributed by atoms with Crippen molar-refractivity contribution < 1.29 is 0 Å². The van der Waals surface area contributed by atoms with Gasteiger partial charge >= 0.3 is 0 Å². The summed E-state index contributed by atoms with van der Waals surface area (Å²) in [6.45, 7) is 6.53. The van der Waals surface area contributed by atoms with E-state index < -0.39 is 0 Å². The zero-order valence-electron chi connectivity index (χ0n) is 8.06. The second-order valence-electron chi connectivity index (χ2n) is 3.08. The van der Waals surface area contributed by atoms with E-state index in [9.17, 15) is 0 Å². The maximum Gasteiger partial charge on any atom is 0.0464 e. The van der Waals surface area contributed by atoms with Gasteiger partial charge in [-0.2, -0.15) is 0 Å². The Hall–Kier alpha value is -0.310. The Balaban J connectivity index is 2.78. The van der Waals surface area contributed by atoms with E-state index in [-0.39, 0.29) is 6.04 Å². The second-order valence-corrected chi connectivity index (χ2v) is 4.41. The van der Waals surface area contributed by atoms with Gasteiger partial charge in [0, 0.05) is 22.1 Å². The van der Waals surface area contributed by atoms with Crippen molar-refractivity contribution in [2.45, 2.75) is 13.0 Å². The van der Waals surface area contributed by atoms with Gasteiger partial charge in [0.15, 0.2) is 0 Å². The van der Waals surface area contributed by atoms with E-state index in [1.54, 1.807) is 0 Å². The lowest BCUT2D eigenvalue weighted by Gasteiger charge is -2.14. The van der Waals surface area contributed by atoms with E-state index in [4.69, 9.17) is 11.6 Å². The average Bonchev–Trinajstić information content (AvgIpc) is 2.14. The summed E-state index contributed by atoms with van der Waals surface area (Å²) in [6, 6.07) is 6.16. The van der Waals surface area contributed by atoms with Gasteiger partial charge in [0.2, 0.25) is 0 Å². The average molecular weight is 275 g/mol. The predicted molar refractivity (Wildman–Crippen MR) is 65.8 cm³/mol. The molecular weight excluding hydrogens is 261 g/mol. The van der Waals surface area contributed by atoms with Crippen molar-refractivity contribution in [1.29, 1.82) is 0 Å². The Morgan fingerprint density at radius 3 is 2.93 bits per heavy atom. The van der Waals surface area contributed by atoms with Crippen LogP contribution in [0, 0.1) is 0 Å². The van der Waals surface area contributed by atoms with Gasteiger partial charge in [-0.05, 0) is 24.6 Å². The standard InChI is InChI=1S/C11H13BrClN/c1-3-6-14-8(2)10-5-4-9(12)7-11(10)13/h3-5,7-8,14H,1,6H2,2H3. The zero-order chi connectivity index (χ0) is 10.6. The second kappa shape index (κ2) is 5.54. The SMILES string of the molecule is C=CCNC(C)c1ccc(Br)cc1Cl. The summed E-state index contributed by atoms with van der Waals surface area (Å²) in [5, 5.41) is 4.07. The molecule has 1 N–H and O–H groups in total. The molecule has 0 aromatic heterocycles. The maximum atomic E-state index is 6.11. The minimum Gasteiger partial charge on any atom is -0.307 e. The molecule has 0 bridgehead atoms. The summed E-state index contributed by atoms with van der Waals surface area (Å²) in [4.78, 5) is 0. The zero-order valence-corrected chi connectivity index (χ0v) is 10.4. The van der Waals surface area contributed by atoms with Gasteiger partial charge in [0.25, 0.3) is 0 Å². The fourth-order valence-corrected chi connectivity index (χ4v) is 2.06. The molecule has 76 valence electrons. The predicted octanol–water partition coefficient (Wildman–Crippen LogP) is 3.94. The molecule has 0 saturated carbocycles. The molecule has 0 amide bonds. The quantitative estimate of drug-likeness (QED) is 0.820. The number of benzene rings is 1. The van der Waals surface area contributed by atoms with Crippen molar-refractivity contribution in [3.8, 4) is 0 Å². The highest BCUT2D eigenvalue weighted by Crippen LogP contribution is 2.26. The molecule has 0 fully saturated rings. The van der Waals surface area contributed by atoms with Crippen LogP contribution in [0.3, 0.4) is 0 Å². The Kier molecular flexibility index (Phi) is 4.66. The number of halogens is 2. The molecule has 1 rings (SSSR count). The van der Waals surface area contributed by atoms with Crippen LogP contribution in [0.1, 0.15) is 18.5 Å². The molecule has 1 atom stereocenters. The van der Waals surface area contributed by atoms with Gasteiger partial charge in [0.1, 0.15) is 0 Å². The molecule has 0 saturated heterocycles. The number of rotatable bonds is 4. The van der Waals surface area contributed by atoms with Crippen molar-refractivity contribution in [1.82, 2.24) is 5.32 Å². The molecule has 0 spiro atoms. The summed E-state index contributed by atoms with van der Waals surface area (Å²) in [7, 11) is 0. The van der Waals surface area contributed by atoms with Gasteiger partial charge in [-0.15, -0.1) is 6.58 Å². The van der Waals surface area contributed by atoms with Crippen molar-refractivity contribution in [2.75, 3.05) is 6.54 Å². The molecule has 0 aliphatic carbocycles. The van der Waals surface area contributed by atoms with Gasteiger partial charge in [-0.3, -0.25) is 0 Å². The first-order valence-electron chi connectivity index (χ1n) is 4.44. The van der Waals surface area contributed by atoms with Gasteiger partial charge in [0.05, 0.1) is 0 Å². The molecule has 1 aromatic carbocycles. The minimum atomic E-state index is 0.244. The smallest absolute Gasteiger partial charge is 0.0464 e. The first kappa shape index (κ1) is 11.8. The molecule has 0 heterocycles. The lowest BCUT2D eigenvalue weighted by Crippen LogP contribution is -2.18. The van der Waals surface area contributed by atoms with Crippen LogP contribution in [0.2, 0.25) is 5.02 Å². The van der Waals surface area contributed by atoms with E-state index in [2.05, 4.69) is 34.7 Å². The third-order valence-electron chi connectivity index (χ3n) is 2.00. The summed E-state index contributed by atoms with van der Waals surface area (Å²) in [5.74, 6) is 0. The van der Waals surface area contributed by atoms with Crippen molar-refractivity contribution in [3.63, 3.8) is 0 Å². The van der Waals surface area contributed by atoms with Crippen LogP contribution < -0.4 is 5.32 Å². The molecule has 14 heavy (non-hydrogen) atoms. The molecule has 0 radical (unpaired) electrons. The number of nitrogens with one attached hydrogen (secondary N) is 1. The van der Waals surface area contributed by atoms with Crippen LogP contribution in [0.25, 0.3) is 0 Å². The Labute approximate surface area is 98.3 Å². The largest absolute Gasteiger partial charge is 0.307 e. The molecule has 0 aliphatic rings. The van der Waals surface area contributed by atoms with Crippen LogP contribution >= 0.6 is 27.5 Å². The van der Waals surface area contributed by atoms with Crippen LogP contribution in [0.4, 0.5) is 0 Å². The lowest BCUT2D eigenvalue weighted by molar-refractivity contribution is 0.618. The summed E-state index contributed by atoms with van der Waals surface area (Å²) >= 11 is 9.48. The number of hydrogen-bond acceptors (Lipinski definition) is 1. The van der Waals surface area contributed by atoms with Crippen molar-refractivity contribution in [3.05, 3.63) is 45.9 Å². The Bertz CT molecular complexity index is 325. The normalized spacial score (nSPS) is 12.5. The molecule has 1 unspecified atom stereocenters. The Morgan fingerprint density at radius 1 is 1.64 bits per heavy atom. The van der Waals surface area contributed by atoms with E-state index in [1.165, 1.54) is 0 Å². The first-order valence-corrected chi connectivity index (χ1v) is 5.61. The molecule has 0 aliphatic heterocycles. The van der Waals surface area contributed by atoms with E-state index in [1.807, 2.05) is 24.3 Å². The van der Waals surface area contributed by atoms with E-state index >= 15 is 0 Å².